The quantitative estimate of drug-likeness (QED) is 0.664. The minimum Gasteiger partial charge on any atom is -0.338 e. The molecule has 3 rings (SSSR count). The van der Waals surface area contributed by atoms with E-state index in [2.05, 4.69) is 5.32 Å². The number of hydrogen-bond acceptors (Lipinski definition) is 4. The lowest BCUT2D eigenvalue weighted by molar-refractivity contribution is -0.385. The molecule has 1 spiro atoms. The molecular weight excluding hydrogens is 270 g/mol. The second kappa shape index (κ2) is 5.11. The van der Waals surface area contributed by atoms with Crippen molar-refractivity contribution in [2.24, 2.45) is 5.41 Å². The molecule has 1 atom stereocenters. The molecule has 1 aromatic carbocycles. The van der Waals surface area contributed by atoms with Crippen LogP contribution in [-0.2, 0) is 0 Å². The van der Waals surface area contributed by atoms with Gasteiger partial charge >= 0.3 is 0 Å². The van der Waals surface area contributed by atoms with Gasteiger partial charge in [-0.15, -0.1) is 0 Å². The second-order valence-corrected chi connectivity index (χ2v) is 6.13. The number of carbonyl (C=O) groups is 1. The molecule has 0 bridgehead atoms. The Labute approximate surface area is 123 Å². The molecule has 21 heavy (non-hydrogen) atoms. The summed E-state index contributed by atoms with van der Waals surface area (Å²) >= 11 is 0. The van der Waals surface area contributed by atoms with Crippen LogP contribution < -0.4 is 5.32 Å². The van der Waals surface area contributed by atoms with Crippen LogP contribution in [0.25, 0.3) is 0 Å². The molecule has 6 nitrogen and oxygen atoms in total. The first-order chi connectivity index (χ1) is 10.0. The van der Waals surface area contributed by atoms with E-state index in [9.17, 15) is 14.9 Å². The Balaban J connectivity index is 1.87. The number of nitro benzene ring substituents is 1. The Morgan fingerprint density at radius 2 is 2.24 bits per heavy atom. The van der Waals surface area contributed by atoms with Crippen molar-refractivity contribution in [2.75, 3.05) is 26.2 Å². The number of nitrogens with one attached hydrogen (secondary N) is 1. The lowest BCUT2D eigenvalue weighted by Crippen LogP contribution is -2.33. The number of aryl methyl sites for hydroxylation is 1. The fourth-order valence-electron chi connectivity index (χ4n) is 3.50. The van der Waals surface area contributed by atoms with Crippen LogP contribution in [0.4, 0.5) is 5.69 Å². The van der Waals surface area contributed by atoms with Gasteiger partial charge in [-0.2, -0.15) is 0 Å². The molecule has 1 N–H and O–H groups in total. The third kappa shape index (κ3) is 2.40. The number of hydrogen-bond donors (Lipinski definition) is 1. The molecule has 2 aliphatic heterocycles. The molecule has 0 aromatic heterocycles. The van der Waals surface area contributed by atoms with Crippen molar-refractivity contribution in [1.29, 1.82) is 0 Å². The van der Waals surface area contributed by atoms with Crippen molar-refractivity contribution >= 4 is 11.6 Å². The summed E-state index contributed by atoms with van der Waals surface area (Å²) in [5, 5.41) is 14.6. The van der Waals surface area contributed by atoms with Gasteiger partial charge < -0.3 is 10.2 Å². The largest absolute Gasteiger partial charge is 0.338 e. The molecule has 1 aromatic rings. The zero-order valence-corrected chi connectivity index (χ0v) is 12.1. The van der Waals surface area contributed by atoms with Crippen LogP contribution in [0.15, 0.2) is 18.2 Å². The van der Waals surface area contributed by atoms with Crippen LogP contribution in [-0.4, -0.2) is 41.9 Å². The Hall–Kier alpha value is -1.95. The molecule has 2 heterocycles. The number of carbonyl (C=O) groups excluding carboxylic acids is 1. The van der Waals surface area contributed by atoms with Crippen molar-refractivity contribution in [2.45, 2.75) is 19.8 Å². The average molecular weight is 289 g/mol. The molecule has 2 aliphatic rings. The number of likely N-dealkylation sites (tertiary alicyclic amines) is 1. The highest BCUT2D eigenvalue weighted by Gasteiger charge is 2.42. The maximum Gasteiger partial charge on any atom is 0.285 e. The highest BCUT2D eigenvalue weighted by atomic mass is 16.6. The minimum atomic E-state index is -0.453. The number of nitrogens with zero attached hydrogens (tertiary/aromatic N) is 2. The average Bonchev–Trinajstić information content (AvgIpc) is 3.08. The molecule has 6 heteroatoms. The zero-order chi connectivity index (χ0) is 15.0. The van der Waals surface area contributed by atoms with E-state index in [4.69, 9.17) is 0 Å². The smallest absolute Gasteiger partial charge is 0.285 e. The van der Waals surface area contributed by atoms with Crippen LogP contribution in [0.1, 0.15) is 28.8 Å². The van der Waals surface area contributed by atoms with Gasteiger partial charge in [-0.25, -0.2) is 0 Å². The highest BCUT2D eigenvalue weighted by Crippen LogP contribution is 2.37. The van der Waals surface area contributed by atoms with Crippen LogP contribution in [0.3, 0.4) is 0 Å². The molecule has 1 amide bonds. The molecule has 0 saturated carbocycles. The van der Waals surface area contributed by atoms with Crippen LogP contribution in [0.2, 0.25) is 0 Å². The Morgan fingerprint density at radius 1 is 1.43 bits per heavy atom. The van der Waals surface area contributed by atoms with Crippen molar-refractivity contribution < 1.29 is 9.72 Å². The molecule has 0 aliphatic carbocycles. The van der Waals surface area contributed by atoms with E-state index >= 15 is 0 Å². The zero-order valence-electron chi connectivity index (χ0n) is 12.1. The lowest BCUT2D eigenvalue weighted by atomic mass is 9.86. The van der Waals surface area contributed by atoms with Crippen LogP contribution in [0.5, 0.6) is 0 Å². The summed E-state index contributed by atoms with van der Waals surface area (Å²) < 4.78 is 0. The van der Waals surface area contributed by atoms with E-state index in [0.29, 0.717) is 18.7 Å². The second-order valence-electron chi connectivity index (χ2n) is 6.13. The van der Waals surface area contributed by atoms with Gasteiger partial charge in [-0.05, 0) is 32.4 Å². The van der Waals surface area contributed by atoms with Gasteiger partial charge in [0.2, 0.25) is 0 Å². The SMILES string of the molecule is Cc1cccc(C(=O)N2CCC3(CCNC3)C2)c1[N+](=O)[O-]. The van der Waals surface area contributed by atoms with E-state index in [1.807, 2.05) is 0 Å². The monoisotopic (exact) mass is 289 g/mol. The first-order valence-corrected chi connectivity index (χ1v) is 7.26. The van der Waals surface area contributed by atoms with Crippen LogP contribution >= 0.6 is 0 Å². The first kappa shape index (κ1) is 14.0. The highest BCUT2D eigenvalue weighted by molar-refractivity contribution is 5.98. The number of benzene rings is 1. The number of amides is 1. The standard InChI is InChI=1S/C15H19N3O3/c1-11-3-2-4-12(13(11)18(20)21)14(19)17-8-6-15(10-17)5-7-16-9-15/h2-4,16H,5-10H2,1H3. The molecule has 2 fully saturated rings. The predicted octanol–water partition coefficient (Wildman–Crippen LogP) is 1.73. The van der Waals surface area contributed by atoms with Gasteiger partial charge in [0.15, 0.2) is 0 Å². The predicted molar refractivity (Wildman–Crippen MR) is 78.3 cm³/mol. The first-order valence-electron chi connectivity index (χ1n) is 7.26. The molecular formula is C15H19N3O3. The number of para-hydroxylation sites is 1. The van der Waals surface area contributed by atoms with E-state index in [1.54, 1.807) is 30.0 Å². The van der Waals surface area contributed by atoms with E-state index in [-0.39, 0.29) is 22.6 Å². The summed E-state index contributed by atoms with van der Waals surface area (Å²) in [4.78, 5) is 25.2. The van der Waals surface area contributed by atoms with Gasteiger partial charge in [0.25, 0.3) is 11.6 Å². The molecule has 1 unspecified atom stereocenters. The molecule has 0 radical (unpaired) electrons. The van der Waals surface area contributed by atoms with Gasteiger partial charge in [0.05, 0.1) is 4.92 Å². The van der Waals surface area contributed by atoms with Crippen molar-refractivity contribution in [1.82, 2.24) is 10.2 Å². The Morgan fingerprint density at radius 3 is 2.90 bits per heavy atom. The van der Waals surface area contributed by atoms with Gasteiger partial charge in [0, 0.05) is 30.6 Å². The third-order valence-electron chi connectivity index (χ3n) is 4.71. The maximum atomic E-state index is 12.7. The van der Waals surface area contributed by atoms with E-state index in [0.717, 1.165) is 25.9 Å². The lowest BCUT2D eigenvalue weighted by Gasteiger charge is -2.22. The maximum absolute atomic E-state index is 12.7. The van der Waals surface area contributed by atoms with Gasteiger partial charge in [-0.3, -0.25) is 14.9 Å². The van der Waals surface area contributed by atoms with Crippen LogP contribution in [0, 0.1) is 22.5 Å². The summed E-state index contributed by atoms with van der Waals surface area (Å²) in [6.45, 7) is 4.98. The summed E-state index contributed by atoms with van der Waals surface area (Å²) in [6.07, 6.45) is 2.05. The number of nitro groups is 1. The number of rotatable bonds is 2. The van der Waals surface area contributed by atoms with Gasteiger partial charge in [0.1, 0.15) is 5.56 Å². The third-order valence-corrected chi connectivity index (χ3v) is 4.71. The Kier molecular flexibility index (Phi) is 3.41. The fraction of sp³-hybridized carbons (Fsp3) is 0.533. The minimum absolute atomic E-state index is 0.0620. The summed E-state index contributed by atoms with van der Waals surface area (Å²) in [6, 6.07) is 4.94. The topological polar surface area (TPSA) is 75.5 Å². The molecule has 2 saturated heterocycles. The Bertz CT molecular complexity index is 594. The summed E-state index contributed by atoms with van der Waals surface area (Å²) in [5.41, 5.74) is 0.854. The summed E-state index contributed by atoms with van der Waals surface area (Å²) in [5.74, 6) is -0.214. The van der Waals surface area contributed by atoms with Crippen molar-refractivity contribution in [3.63, 3.8) is 0 Å². The normalized spacial score (nSPS) is 24.7. The van der Waals surface area contributed by atoms with E-state index in [1.165, 1.54) is 0 Å². The van der Waals surface area contributed by atoms with Crippen molar-refractivity contribution in [3.8, 4) is 0 Å². The van der Waals surface area contributed by atoms with E-state index < -0.39 is 4.92 Å². The summed E-state index contributed by atoms with van der Waals surface area (Å²) in [7, 11) is 0. The molecule has 112 valence electrons. The fourth-order valence-corrected chi connectivity index (χ4v) is 3.50. The van der Waals surface area contributed by atoms with Gasteiger partial charge in [-0.1, -0.05) is 12.1 Å². The van der Waals surface area contributed by atoms with Crippen molar-refractivity contribution in [3.05, 3.63) is 39.4 Å².